The first-order valence-electron chi connectivity index (χ1n) is 14.8. The van der Waals surface area contributed by atoms with Crippen LogP contribution in [0.3, 0.4) is 0 Å². The smallest absolute Gasteiger partial charge is 0.187 e. The highest BCUT2D eigenvalue weighted by molar-refractivity contribution is 6.22. The third-order valence-electron chi connectivity index (χ3n) is 8.09. The van der Waals surface area contributed by atoms with Gasteiger partial charge in [0.2, 0.25) is 0 Å². The maximum Gasteiger partial charge on any atom is 0.187 e. The van der Waals surface area contributed by atoms with Gasteiger partial charge in [-0.15, -0.1) is 0 Å². The Balaban J connectivity index is 1.41. The first-order valence-corrected chi connectivity index (χ1v) is 14.8. The average molecular weight is 593 g/mol. The van der Waals surface area contributed by atoms with E-state index < -0.39 is 0 Å². The van der Waals surface area contributed by atoms with Crippen LogP contribution in [0.15, 0.2) is 146 Å². The summed E-state index contributed by atoms with van der Waals surface area (Å²) in [6, 6.07) is 49.3. The van der Waals surface area contributed by atoms with E-state index in [0.29, 0.717) is 34.2 Å². The zero-order valence-electron chi connectivity index (χ0n) is 24.5. The molecule has 6 heteroatoms. The monoisotopic (exact) mass is 592 g/mol. The normalized spacial score (nSPS) is 11.0. The van der Waals surface area contributed by atoms with E-state index in [-0.39, 0.29) is 0 Å². The fourth-order valence-electron chi connectivity index (χ4n) is 6.08. The van der Waals surface area contributed by atoms with Crippen LogP contribution in [0.4, 0.5) is 5.69 Å². The summed E-state index contributed by atoms with van der Waals surface area (Å²) in [5.74, 6) is 2.65. The van der Waals surface area contributed by atoms with E-state index >= 15 is 0 Å². The Labute approximate surface area is 264 Å². The van der Waals surface area contributed by atoms with Crippen molar-refractivity contribution in [3.63, 3.8) is 0 Å². The standard InChI is InChI=1S/C40H24N4O2/c1-42-28-20-24-30(25-21-28)46-38-17-9-7-15-36(38)44-34-13-5-3-11-32(34)39-31-10-2-4-12-33(31)43(40(39)44)35-14-6-8-16-37(35)45-29-22-18-27(26-41)19-23-29/h2-25H. The lowest BCUT2D eigenvalue weighted by atomic mass is 10.1. The maximum atomic E-state index is 9.28. The molecule has 0 amide bonds. The van der Waals surface area contributed by atoms with Crippen molar-refractivity contribution < 1.29 is 9.47 Å². The number of nitriles is 1. The second-order valence-corrected chi connectivity index (χ2v) is 10.8. The minimum Gasteiger partial charge on any atom is -0.455 e. The number of fused-ring (bicyclic) bond motifs is 5. The van der Waals surface area contributed by atoms with Crippen LogP contribution in [0.1, 0.15) is 5.56 Å². The fourth-order valence-corrected chi connectivity index (χ4v) is 6.08. The Hall–Kier alpha value is -6.76. The third kappa shape index (κ3) is 4.42. The molecule has 8 aromatic rings. The predicted octanol–water partition coefficient (Wildman–Crippen LogP) is 10.7. The molecule has 0 radical (unpaired) electrons. The van der Waals surface area contributed by atoms with E-state index in [1.165, 1.54) is 0 Å². The molecule has 0 spiro atoms. The largest absolute Gasteiger partial charge is 0.455 e. The zero-order chi connectivity index (χ0) is 31.0. The summed E-state index contributed by atoms with van der Waals surface area (Å²) in [6.07, 6.45) is 0. The molecule has 0 bridgehead atoms. The maximum absolute atomic E-state index is 9.28. The van der Waals surface area contributed by atoms with E-state index in [9.17, 15) is 5.26 Å². The van der Waals surface area contributed by atoms with Crippen LogP contribution >= 0.6 is 0 Å². The van der Waals surface area contributed by atoms with Gasteiger partial charge in [-0.3, -0.25) is 9.13 Å². The Morgan fingerprint density at radius 3 is 1.50 bits per heavy atom. The summed E-state index contributed by atoms with van der Waals surface area (Å²) in [5.41, 5.74) is 5.93. The zero-order valence-corrected chi connectivity index (χ0v) is 24.5. The number of ether oxygens (including phenoxy) is 2. The molecule has 0 saturated carbocycles. The van der Waals surface area contributed by atoms with Gasteiger partial charge in [-0.1, -0.05) is 72.8 Å². The second kappa shape index (κ2) is 11.1. The van der Waals surface area contributed by atoms with Gasteiger partial charge < -0.3 is 9.47 Å². The molecule has 46 heavy (non-hydrogen) atoms. The minimum absolute atomic E-state index is 0.560. The summed E-state index contributed by atoms with van der Waals surface area (Å²) in [7, 11) is 0. The number of aromatic nitrogens is 2. The number of hydrogen-bond donors (Lipinski definition) is 0. The van der Waals surface area contributed by atoms with Gasteiger partial charge in [-0.05, 0) is 72.8 Å². The molecule has 6 nitrogen and oxygen atoms in total. The van der Waals surface area contributed by atoms with E-state index in [1.54, 1.807) is 24.3 Å². The molecule has 0 N–H and O–H groups in total. The lowest BCUT2D eigenvalue weighted by molar-refractivity contribution is 0.480. The highest BCUT2D eigenvalue weighted by Crippen LogP contribution is 2.44. The highest BCUT2D eigenvalue weighted by atomic mass is 16.5. The Kier molecular flexibility index (Phi) is 6.45. The van der Waals surface area contributed by atoms with Crippen LogP contribution in [0, 0.1) is 17.9 Å². The van der Waals surface area contributed by atoms with Crippen LogP contribution < -0.4 is 9.47 Å². The first kappa shape index (κ1) is 26.8. The topological polar surface area (TPSA) is 56.5 Å². The SMILES string of the molecule is [C-]#[N+]c1ccc(Oc2ccccc2-n2c3ccccc3c3c4ccccc4n(-c4ccccc4Oc4ccc(C#N)cc4)c32)cc1. The van der Waals surface area contributed by atoms with Gasteiger partial charge in [-0.25, -0.2) is 4.85 Å². The van der Waals surface area contributed by atoms with Gasteiger partial charge in [0.25, 0.3) is 0 Å². The number of nitrogens with zero attached hydrogens (tertiary/aromatic N) is 4. The molecule has 6 aromatic carbocycles. The fraction of sp³-hybridized carbons (Fsp3) is 0. The molecule has 2 heterocycles. The van der Waals surface area contributed by atoms with Gasteiger partial charge in [0.1, 0.15) is 17.1 Å². The van der Waals surface area contributed by atoms with Crippen molar-refractivity contribution in [3.8, 4) is 40.4 Å². The van der Waals surface area contributed by atoms with Crippen molar-refractivity contribution in [1.29, 1.82) is 5.26 Å². The Morgan fingerprint density at radius 2 is 1.00 bits per heavy atom. The van der Waals surface area contributed by atoms with Crippen LogP contribution in [-0.2, 0) is 0 Å². The molecule has 216 valence electrons. The van der Waals surface area contributed by atoms with Gasteiger partial charge in [-0.2, -0.15) is 5.26 Å². The predicted molar refractivity (Wildman–Crippen MR) is 182 cm³/mol. The summed E-state index contributed by atoms with van der Waals surface area (Å²) in [6.45, 7) is 7.31. The van der Waals surface area contributed by atoms with Crippen molar-refractivity contribution in [2.24, 2.45) is 0 Å². The second-order valence-electron chi connectivity index (χ2n) is 10.8. The number of rotatable bonds is 6. The van der Waals surface area contributed by atoms with Crippen molar-refractivity contribution in [2.45, 2.75) is 0 Å². The molecule has 0 unspecified atom stereocenters. The molecule has 0 aliphatic rings. The summed E-state index contributed by atoms with van der Waals surface area (Å²) >= 11 is 0. The Bertz CT molecular complexity index is 2320. The molecule has 0 saturated heterocycles. The summed E-state index contributed by atoms with van der Waals surface area (Å²) in [5, 5.41) is 12.6. The van der Waals surface area contributed by atoms with Crippen molar-refractivity contribution in [3.05, 3.63) is 163 Å². The first-order chi connectivity index (χ1) is 22.7. The van der Waals surface area contributed by atoms with Crippen LogP contribution in [0.2, 0.25) is 0 Å². The summed E-state index contributed by atoms with van der Waals surface area (Å²) in [4.78, 5) is 3.51. The van der Waals surface area contributed by atoms with E-state index in [4.69, 9.17) is 16.0 Å². The average Bonchev–Trinajstić information content (AvgIpc) is 3.62. The van der Waals surface area contributed by atoms with Gasteiger partial charge in [0, 0.05) is 16.2 Å². The van der Waals surface area contributed by atoms with E-state index in [2.05, 4.69) is 80.7 Å². The third-order valence-corrected chi connectivity index (χ3v) is 8.09. The molecule has 0 atom stereocenters. The minimum atomic E-state index is 0.560. The molecule has 0 aliphatic heterocycles. The molecule has 0 aliphatic carbocycles. The molecule has 2 aromatic heterocycles. The number of benzene rings is 6. The highest BCUT2D eigenvalue weighted by Gasteiger charge is 2.24. The Morgan fingerprint density at radius 1 is 0.543 bits per heavy atom. The molecule has 8 rings (SSSR count). The van der Waals surface area contributed by atoms with Crippen molar-refractivity contribution >= 4 is 38.5 Å². The van der Waals surface area contributed by atoms with E-state index in [1.807, 2.05) is 60.7 Å². The van der Waals surface area contributed by atoms with Crippen LogP contribution in [-0.4, -0.2) is 9.13 Å². The summed E-state index contributed by atoms with van der Waals surface area (Å²) < 4.78 is 17.5. The number of para-hydroxylation sites is 6. The van der Waals surface area contributed by atoms with Crippen LogP contribution in [0.5, 0.6) is 23.0 Å². The van der Waals surface area contributed by atoms with E-state index in [0.717, 1.165) is 44.2 Å². The lowest BCUT2D eigenvalue weighted by Gasteiger charge is -2.18. The van der Waals surface area contributed by atoms with Gasteiger partial charge >= 0.3 is 0 Å². The van der Waals surface area contributed by atoms with Crippen LogP contribution in [0.25, 0.3) is 49.1 Å². The quantitative estimate of drug-likeness (QED) is 0.181. The molecule has 0 fully saturated rings. The van der Waals surface area contributed by atoms with Crippen molar-refractivity contribution in [1.82, 2.24) is 9.13 Å². The molecular weight excluding hydrogens is 568 g/mol. The van der Waals surface area contributed by atoms with Gasteiger partial charge in [0.05, 0.1) is 40.6 Å². The number of hydrogen-bond acceptors (Lipinski definition) is 3. The van der Waals surface area contributed by atoms with Gasteiger partial charge in [0.15, 0.2) is 17.2 Å². The lowest BCUT2D eigenvalue weighted by Crippen LogP contribution is -2.04. The van der Waals surface area contributed by atoms with Crippen molar-refractivity contribution in [2.75, 3.05) is 0 Å². The molecular formula is C40H24N4O2.